The second kappa shape index (κ2) is 7.65. The molecule has 0 aliphatic rings. The van der Waals surface area contributed by atoms with Crippen molar-refractivity contribution in [3.63, 3.8) is 0 Å². The first-order chi connectivity index (χ1) is 15.1. The first-order valence-corrected chi connectivity index (χ1v) is 9.55. The van der Waals surface area contributed by atoms with Gasteiger partial charge < -0.3 is 10.3 Å². The number of anilines is 3. The van der Waals surface area contributed by atoms with Crippen molar-refractivity contribution < 1.29 is 9.02 Å². The van der Waals surface area contributed by atoms with Gasteiger partial charge in [0, 0.05) is 27.8 Å². The lowest BCUT2D eigenvalue weighted by atomic mass is 10.1. The van der Waals surface area contributed by atoms with Crippen molar-refractivity contribution in [2.75, 3.05) is 10.7 Å². The monoisotopic (exact) mass is 436 g/mol. The maximum atomic E-state index is 13.5. The third-order valence-corrected chi connectivity index (χ3v) is 4.89. The van der Waals surface area contributed by atoms with Crippen LogP contribution < -0.4 is 10.7 Å². The Morgan fingerprint density at radius 2 is 1.87 bits per heavy atom. The maximum Gasteiger partial charge on any atom is 0.245 e. The van der Waals surface area contributed by atoms with Gasteiger partial charge in [-0.05, 0) is 41.5 Å². The highest BCUT2D eigenvalue weighted by Crippen LogP contribution is 2.27. The van der Waals surface area contributed by atoms with Crippen molar-refractivity contribution in [2.45, 2.75) is 6.92 Å². The normalized spacial score (nSPS) is 11.6. The molecule has 3 aromatic heterocycles. The Labute approximate surface area is 179 Å². The van der Waals surface area contributed by atoms with E-state index in [1.165, 1.54) is 18.2 Å². The van der Waals surface area contributed by atoms with Crippen LogP contribution in [0.5, 0.6) is 0 Å². The number of aromatic nitrogens is 5. The van der Waals surface area contributed by atoms with Crippen LogP contribution in [0.3, 0.4) is 0 Å². The molecule has 3 heterocycles. The number of aromatic amines is 1. The second-order valence-corrected chi connectivity index (χ2v) is 7.07. The molecule has 3 N–H and O–H groups in total. The summed E-state index contributed by atoms with van der Waals surface area (Å²) in [4.78, 5) is 12.0. The lowest BCUT2D eigenvalue weighted by Gasteiger charge is -2.09. The largest absolute Gasteiger partial charge is 0.358 e. The minimum Gasteiger partial charge on any atom is -0.358 e. The molecule has 0 bridgehead atoms. The number of benzene rings is 2. The van der Waals surface area contributed by atoms with E-state index in [-0.39, 0.29) is 22.1 Å². The summed E-state index contributed by atoms with van der Waals surface area (Å²) >= 11 is 5.87. The molecule has 0 radical (unpaired) electrons. The molecule has 0 spiro atoms. The predicted molar refractivity (Wildman–Crippen MR) is 116 cm³/mol. The summed E-state index contributed by atoms with van der Waals surface area (Å²) in [6.07, 6.45) is 1.69. The number of hydrogen-bond donors (Lipinski definition) is 3. The van der Waals surface area contributed by atoms with Crippen molar-refractivity contribution in [3.8, 4) is 0 Å². The van der Waals surface area contributed by atoms with E-state index in [1.807, 2.05) is 31.2 Å². The third kappa shape index (κ3) is 3.64. The molecule has 11 heteroatoms. The zero-order chi connectivity index (χ0) is 21.4. The van der Waals surface area contributed by atoms with Crippen LogP contribution in [-0.2, 0) is 0 Å². The Morgan fingerprint density at radius 1 is 1.10 bits per heavy atom. The van der Waals surface area contributed by atoms with E-state index in [0.29, 0.717) is 11.5 Å². The minimum absolute atomic E-state index is 0.0236. The average Bonchev–Trinajstić information content (AvgIpc) is 3.34. The second-order valence-electron chi connectivity index (χ2n) is 6.67. The van der Waals surface area contributed by atoms with Crippen LogP contribution in [0, 0.1) is 12.7 Å². The average molecular weight is 437 g/mol. The summed E-state index contributed by atoms with van der Waals surface area (Å²) in [6, 6.07) is 12.2. The molecule has 31 heavy (non-hydrogen) atoms. The minimum atomic E-state index is -0.522. The Kier molecular flexibility index (Phi) is 4.68. The van der Waals surface area contributed by atoms with Gasteiger partial charge in [-0.2, -0.15) is 10.1 Å². The van der Waals surface area contributed by atoms with Gasteiger partial charge in [0.05, 0.1) is 11.2 Å². The van der Waals surface area contributed by atoms with Crippen LogP contribution in [0.1, 0.15) is 11.3 Å². The molecule has 0 atom stereocenters. The lowest BCUT2D eigenvalue weighted by molar-refractivity contribution is 0.314. The van der Waals surface area contributed by atoms with Crippen molar-refractivity contribution >= 4 is 57.3 Å². The van der Waals surface area contributed by atoms with Crippen molar-refractivity contribution in [1.82, 2.24) is 25.3 Å². The molecular weight excluding hydrogens is 423 g/mol. The van der Waals surface area contributed by atoms with Crippen LogP contribution in [0.4, 0.5) is 21.7 Å². The molecule has 0 saturated carbocycles. The summed E-state index contributed by atoms with van der Waals surface area (Å²) < 4.78 is 18.2. The topological polar surface area (TPSA) is 117 Å². The number of rotatable bonds is 5. The molecule has 5 aromatic rings. The highest BCUT2D eigenvalue weighted by Gasteiger charge is 2.14. The Bertz CT molecular complexity index is 1440. The fraction of sp³-hybridized carbons (Fsp3) is 0.0500. The van der Waals surface area contributed by atoms with Gasteiger partial charge in [-0.25, -0.2) is 14.0 Å². The predicted octanol–water partition coefficient (Wildman–Crippen LogP) is 4.78. The maximum absolute atomic E-state index is 13.5. The zero-order valence-electron chi connectivity index (χ0n) is 16.0. The number of nitrogens with one attached hydrogen (secondary N) is 3. The van der Waals surface area contributed by atoms with Crippen LogP contribution in [0.2, 0.25) is 5.02 Å². The number of aryl methyl sites for hydroxylation is 1. The smallest absolute Gasteiger partial charge is 0.245 e. The Hall–Kier alpha value is -4.05. The van der Waals surface area contributed by atoms with Gasteiger partial charge in [0.2, 0.25) is 11.3 Å². The molecule has 0 aliphatic heterocycles. The van der Waals surface area contributed by atoms with Crippen molar-refractivity contribution in [2.24, 2.45) is 5.10 Å². The van der Waals surface area contributed by atoms with Gasteiger partial charge in [-0.15, -0.1) is 0 Å². The van der Waals surface area contributed by atoms with Crippen LogP contribution in [-0.4, -0.2) is 31.5 Å². The van der Waals surface area contributed by atoms with Gasteiger partial charge in [0.15, 0.2) is 11.6 Å². The highest BCUT2D eigenvalue weighted by atomic mass is 35.5. The van der Waals surface area contributed by atoms with E-state index in [4.69, 9.17) is 16.2 Å². The van der Waals surface area contributed by atoms with Crippen LogP contribution >= 0.6 is 11.6 Å². The third-order valence-electron chi connectivity index (χ3n) is 4.60. The number of fused-ring (bicyclic) bond motifs is 2. The number of para-hydroxylation sites is 1. The first-order valence-electron chi connectivity index (χ1n) is 9.17. The molecule has 154 valence electrons. The molecule has 5 rings (SSSR count). The number of nitrogens with zero attached hydrogens (tertiary/aromatic N) is 5. The van der Waals surface area contributed by atoms with Gasteiger partial charge in [-0.1, -0.05) is 29.8 Å². The van der Waals surface area contributed by atoms with Crippen LogP contribution in [0.25, 0.3) is 22.2 Å². The van der Waals surface area contributed by atoms with Gasteiger partial charge in [-0.3, -0.25) is 5.43 Å². The molecule has 0 amide bonds. The summed E-state index contributed by atoms with van der Waals surface area (Å²) in [7, 11) is 0. The summed E-state index contributed by atoms with van der Waals surface area (Å²) in [5, 5.41) is 15.8. The van der Waals surface area contributed by atoms with E-state index in [9.17, 15) is 4.39 Å². The van der Waals surface area contributed by atoms with Crippen molar-refractivity contribution in [1.29, 1.82) is 0 Å². The number of H-pyrrole nitrogens is 1. The van der Waals surface area contributed by atoms with E-state index in [1.54, 1.807) is 6.21 Å². The zero-order valence-corrected chi connectivity index (χ0v) is 16.8. The molecule has 0 saturated heterocycles. The molecule has 0 unspecified atom stereocenters. The Morgan fingerprint density at radius 3 is 2.68 bits per heavy atom. The number of halogens is 2. The SMILES string of the molecule is Cc1[nH]c2ccccc2c1/C=N\Nc1nc2nonc2nc1Nc1ccc(F)c(Cl)c1. The van der Waals surface area contributed by atoms with Gasteiger partial charge in [0.25, 0.3) is 0 Å². The van der Waals surface area contributed by atoms with E-state index < -0.39 is 5.82 Å². The van der Waals surface area contributed by atoms with Crippen LogP contribution in [0.15, 0.2) is 52.2 Å². The first kappa shape index (κ1) is 18.9. The van der Waals surface area contributed by atoms with E-state index in [0.717, 1.165) is 22.2 Å². The number of hydrazone groups is 1. The quantitative estimate of drug-likeness (QED) is 0.268. The fourth-order valence-electron chi connectivity index (χ4n) is 3.14. The standard InChI is InChI=1S/C20H14ClFN8O/c1-10-13(12-4-2-3-5-16(12)24-10)9-23-28-18-17(26-19-20(27-18)30-31-29-19)25-11-6-7-15(22)14(21)8-11/h2-9,24H,1H3,(H,25,26,29)(H,27,28,30)/b23-9-. The molecule has 0 fully saturated rings. The van der Waals surface area contributed by atoms with E-state index in [2.05, 4.69) is 41.1 Å². The summed E-state index contributed by atoms with van der Waals surface area (Å²) in [5.41, 5.74) is 6.75. The van der Waals surface area contributed by atoms with E-state index >= 15 is 0 Å². The molecule has 0 aliphatic carbocycles. The van der Waals surface area contributed by atoms with Gasteiger partial charge in [0.1, 0.15) is 5.82 Å². The molecule has 2 aromatic carbocycles. The van der Waals surface area contributed by atoms with Crippen molar-refractivity contribution in [3.05, 3.63) is 64.6 Å². The molecule has 9 nitrogen and oxygen atoms in total. The lowest BCUT2D eigenvalue weighted by Crippen LogP contribution is -2.03. The summed E-state index contributed by atoms with van der Waals surface area (Å²) in [5.74, 6) is 0.0440. The number of hydrogen-bond acceptors (Lipinski definition) is 8. The molecular formula is C20H14ClFN8O. The highest BCUT2D eigenvalue weighted by molar-refractivity contribution is 6.31. The van der Waals surface area contributed by atoms with Gasteiger partial charge >= 0.3 is 0 Å². The Balaban J connectivity index is 1.48. The fourth-order valence-corrected chi connectivity index (χ4v) is 3.32. The summed E-state index contributed by atoms with van der Waals surface area (Å²) in [6.45, 7) is 1.97.